The van der Waals surface area contributed by atoms with Gasteiger partial charge < -0.3 is 9.73 Å². The van der Waals surface area contributed by atoms with Gasteiger partial charge in [-0.15, -0.1) is 21.5 Å². The van der Waals surface area contributed by atoms with Gasteiger partial charge in [-0.25, -0.2) is 0 Å². The van der Waals surface area contributed by atoms with Crippen LogP contribution in [0.5, 0.6) is 0 Å². The number of aromatic nitrogens is 2. The van der Waals surface area contributed by atoms with Crippen LogP contribution in [0.4, 0.5) is 5.69 Å². The van der Waals surface area contributed by atoms with E-state index in [1.807, 2.05) is 77.0 Å². The van der Waals surface area contributed by atoms with Crippen molar-refractivity contribution in [3.8, 4) is 21.9 Å². The second-order valence-corrected chi connectivity index (χ2v) is 8.10. The van der Waals surface area contributed by atoms with E-state index in [4.69, 9.17) is 4.42 Å². The van der Waals surface area contributed by atoms with E-state index < -0.39 is 0 Å². The van der Waals surface area contributed by atoms with Crippen molar-refractivity contribution in [1.82, 2.24) is 15.1 Å². The number of hydrogen-bond donors (Lipinski definition) is 1. The van der Waals surface area contributed by atoms with Crippen molar-refractivity contribution in [1.29, 1.82) is 0 Å². The third-order valence-electron chi connectivity index (χ3n) is 4.75. The topological polar surface area (TPSA) is 71.3 Å². The molecule has 0 bridgehead atoms. The van der Waals surface area contributed by atoms with Crippen molar-refractivity contribution >= 4 is 22.9 Å². The highest BCUT2D eigenvalue weighted by atomic mass is 32.1. The first-order valence-corrected chi connectivity index (χ1v) is 11.1. The number of thiophene rings is 1. The Hall–Kier alpha value is -3.29. The molecular formula is C24H24N4O2S. The van der Waals surface area contributed by atoms with E-state index in [0.29, 0.717) is 18.3 Å². The van der Waals surface area contributed by atoms with Gasteiger partial charge in [0.05, 0.1) is 18.0 Å². The van der Waals surface area contributed by atoms with Crippen LogP contribution in [0.2, 0.25) is 0 Å². The Morgan fingerprint density at radius 2 is 1.84 bits per heavy atom. The minimum Gasteiger partial charge on any atom is -0.419 e. The molecule has 2 aromatic heterocycles. The van der Waals surface area contributed by atoms with Crippen LogP contribution in [0, 0.1) is 0 Å². The number of carbonyl (C=O) groups excluding carboxylic acids is 1. The zero-order valence-electron chi connectivity index (χ0n) is 17.3. The number of benzene rings is 2. The number of anilines is 1. The predicted octanol–water partition coefficient (Wildman–Crippen LogP) is 5.32. The average Bonchev–Trinajstić information content (AvgIpc) is 3.47. The largest absolute Gasteiger partial charge is 0.419 e. The van der Waals surface area contributed by atoms with Crippen LogP contribution in [-0.2, 0) is 11.3 Å². The average molecular weight is 433 g/mol. The Morgan fingerprint density at radius 3 is 2.61 bits per heavy atom. The molecular weight excluding hydrogens is 408 g/mol. The van der Waals surface area contributed by atoms with Gasteiger partial charge in [0.2, 0.25) is 11.8 Å². The highest BCUT2D eigenvalue weighted by Crippen LogP contribution is 2.27. The quantitative estimate of drug-likeness (QED) is 0.388. The summed E-state index contributed by atoms with van der Waals surface area (Å²) in [6, 6.07) is 21.8. The van der Waals surface area contributed by atoms with Crippen molar-refractivity contribution in [3.05, 3.63) is 78.0 Å². The molecule has 0 aliphatic heterocycles. The number of rotatable bonds is 9. The number of para-hydroxylation sites is 1. The normalized spacial score (nSPS) is 11.0. The molecule has 31 heavy (non-hydrogen) atoms. The summed E-state index contributed by atoms with van der Waals surface area (Å²) in [7, 11) is 0. The summed E-state index contributed by atoms with van der Waals surface area (Å²) < 4.78 is 5.80. The van der Waals surface area contributed by atoms with E-state index in [0.717, 1.165) is 34.7 Å². The molecule has 1 amide bonds. The summed E-state index contributed by atoms with van der Waals surface area (Å²) in [4.78, 5) is 15.8. The van der Waals surface area contributed by atoms with Crippen LogP contribution >= 0.6 is 11.3 Å². The third kappa shape index (κ3) is 5.45. The highest BCUT2D eigenvalue weighted by molar-refractivity contribution is 7.13. The van der Waals surface area contributed by atoms with Gasteiger partial charge in [-0.2, -0.15) is 0 Å². The maximum Gasteiger partial charge on any atom is 0.257 e. The van der Waals surface area contributed by atoms with Crippen molar-refractivity contribution in [3.63, 3.8) is 0 Å². The molecule has 0 radical (unpaired) electrons. The summed E-state index contributed by atoms with van der Waals surface area (Å²) >= 11 is 1.56. The molecule has 1 N–H and O–H groups in total. The van der Waals surface area contributed by atoms with Gasteiger partial charge in [0.1, 0.15) is 0 Å². The molecule has 6 nitrogen and oxygen atoms in total. The first-order valence-electron chi connectivity index (χ1n) is 10.3. The Balaban J connectivity index is 1.43. The lowest BCUT2D eigenvalue weighted by Gasteiger charge is -2.20. The van der Waals surface area contributed by atoms with Crippen molar-refractivity contribution in [2.24, 2.45) is 0 Å². The van der Waals surface area contributed by atoms with Crippen molar-refractivity contribution < 1.29 is 9.21 Å². The van der Waals surface area contributed by atoms with Gasteiger partial charge in [0.15, 0.2) is 0 Å². The summed E-state index contributed by atoms with van der Waals surface area (Å²) in [5.41, 5.74) is 2.86. The molecule has 4 aromatic rings. The maximum absolute atomic E-state index is 12.8. The standard InChI is InChI=1S/C24H24N4O2S/c1-2-14-28(17-23-26-27-24(30-23)21-13-8-15-31-21)16-22(29)25-20-12-7-6-11-19(20)18-9-4-3-5-10-18/h3-13,15H,2,14,16-17H2,1H3,(H,25,29). The molecule has 0 unspecified atom stereocenters. The molecule has 0 aliphatic carbocycles. The molecule has 7 heteroatoms. The van der Waals surface area contributed by atoms with Crippen LogP contribution in [0.3, 0.4) is 0 Å². The lowest BCUT2D eigenvalue weighted by molar-refractivity contribution is -0.117. The Kier molecular flexibility index (Phi) is 6.86. The lowest BCUT2D eigenvalue weighted by atomic mass is 10.0. The van der Waals surface area contributed by atoms with E-state index >= 15 is 0 Å². The number of nitrogens with one attached hydrogen (secondary N) is 1. The fourth-order valence-electron chi connectivity index (χ4n) is 3.39. The Labute approximate surface area is 185 Å². The zero-order chi connectivity index (χ0) is 21.5. The fourth-order valence-corrected chi connectivity index (χ4v) is 4.04. The smallest absolute Gasteiger partial charge is 0.257 e. The van der Waals surface area contributed by atoms with Gasteiger partial charge in [0, 0.05) is 11.3 Å². The van der Waals surface area contributed by atoms with Crippen molar-refractivity contribution in [2.75, 3.05) is 18.4 Å². The Morgan fingerprint density at radius 1 is 1.03 bits per heavy atom. The second-order valence-electron chi connectivity index (χ2n) is 7.15. The Bertz CT molecular complexity index is 1110. The minimum atomic E-state index is -0.0742. The van der Waals surface area contributed by atoms with E-state index in [2.05, 4.69) is 22.4 Å². The van der Waals surface area contributed by atoms with E-state index in [-0.39, 0.29) is 12.5 Å². The summed E-state index contributed by atoms with van der Waals surface area (Å²) in [6.45, 7) is 3.51. The highest BCUT2D eigenvalue weighted by Gasteiger charge is 2.17. The molecule has 0 fully saturated rings. The summed E-state index contributed by atoms with van der Waals surface area (Å²) in [5, 5.41) is 13.3. The van der Waals surface area contributed by atoms with Gasteiger partial charge in [0.25, 0.3) is 5.89 Å². The molecule has 158 valence electrons. The first-order chi connectivity index (χ1) is 15.2. The van der Waals surface area contributed by atoms with Gasteiger partial charge in [-0.05, 0) is 36.0 Å². The molecule has 0 saturated carbocycles. The van der Waals surface area contributed by atoms with Crippen LogP contribution in [-0.4, -0.2) is 34.1 Å². The van der Waals surface area contributed by atoms with E-state index in [1.54, 1.807) is 11.3 Å². The number of amides is 1. The number of nitrogens with zero attached hydrogens (tertiary/aromatic N) is 3. The third-order valence-corrected chi connectivity index (χ3v) is 5.61. The molecule has 4 rings (SSSR count). The molecule has 0 aliphatic rings. The molecule has 0 spiro atoms. The van der Waals surface area contributed by atoms with Gasteiger partial charge in [-0.3, -0.25) is 9.69 Å². The van der Waals surface area contributed by atoms with E-state index in [1.165, 1.54) is 0 Å². The zero-order valence-corrected chi connectivity index (χ0v) is 18.1. The number of hydrogen-bond acceptors (Lipinski definition) is 6. The number of carbonyl (C=O) groups is 1. The minimum absolute atomic E-state index is 0.0742. The van der Waals surface area contributed by atoms with Crippen LogP contribution in [0.1, 0.15) is 19.2 Å². The van der Waals surface area contributed by atoms with Crippen LogP contribution < -0.4 is 5.32 Å². The predicted molar refractivity (Wildman–Crippen MR) is 124 cm³/mol. The van der Waals surface area contributed by atoms with Gasteiger partial charge >= 0.3 is 0 Å². The van der Waals surface area contributed by atoms with Gasteiger partial charge in [-0.1, -0.05) is 61.5 Å². The molecule has 2 aromatic carbocycles. The summed E-state index contributed by atoms with van der Waals surface area (Å²) in [5.74, 6) is 0.951. The monoisotopic (exact) mass is 432 g/mol. The van der Waals surface area contributed by atoms with Crippen molar-refractivity contribution in [2.45, 2.75) is 19.9 Å². The van der Waals surface area contributed by atoms with E-state index in [9.17, 15) is 4.79 Å². The molecule has 2 heterocycles. The maximum atomic E-state index is 12.8. The fraction of sp³-hybridized carbons (Fsp3) is 0.208. The lowest BCUT2D eigenvalue weighted by Crippen LogP contribution is -2.33. The second kappa shape index (κ2) is 10.1. The molecule has 0 atom stereocenters. The SMILES string of the molecule is CCCN(CC(=O)Nc1ccccc1-c1ccccc1)Cc1nnc(-c2cccs2)o1. The first kappa shape index (κ1) is 21.0. The van der Waals surface area contributed by atoms with Crippen LogP contribution in [0.15, 0.2) is 76.5 Å². The molecule has 0 saturated heterocycles. The van der Waals surface area contributed by atoms with Crippen LogP contribution in [0.25, 0.3) is 21.9 Å². The summed E-state index contributed by atoms with van der Waals surface area (Å²) in [6.07, 6.45) is 0.916.